The Hall–Kier alpha value is -1.23. The number of hydrogen-bond donors (Lipinski definition) is 1. The summed E-state index contributed by atoms with van der Waals surface area (Å²) in [6.45, 7) is 3.48. The SMILES string of the molecule is CC1CCCC1CNCc1ccccc1OC(F)(F)F. The van der Waals surface area contributed by atoms with Crippen LogP contribution in [0.1, 0.15) is 31.7 Å². The third kappa shape index (κ3) is 4.40. The number of halogens is 3. The zero-order valence-electron chi connectivity index (χ0n) is 11.5. The van der Waals surface area contributed by atoms with Gasteiger partial charge < -0.3 is 10.1 Å². The van der Waals surface area contributed by atoms with Crippen LogP contribution < -0.4 is 10.1 Å². The summed E-state index contributed by atoms with van der Waals surface area (Å²) in [7, 11) is 0. The van der Waals surface area contributed by atoms with E-state index in [1.807, 2.05) is 0 Å². The molecule has 0 aromatic heterocycles. The van der Waals surface area contributed by atoms with Crippen LogP contribution in [0, 0.1) is 11.8 Å². The van der Waals surface area contributed by atoms with Gasteiger partial charge in [-0.2, -0.15) is 0 Å². The zero-order chi connectivity index (χ0) is 14.6. The van der Waals surface area contributed by atoms with Crippen LogP contribution in [-0.2, 0) is 6.54 Å². The summed E-state index contributed by atoms with van der Waals surface area (Å²) in [6, 6.07) is 6.27. The van der Waals surface area contributed by atoms with Crippen molar-refractivity contribution < 1.29 is 17.9 Å². The maximum Gasteiger partial charge on any atom is 0.573 e. The molecule has 1 aromatic rings. The molecule has 0 heterocycles. The van der Waals surface area contributed by atoms with Crippen LogP contribution in [0.2, 0.25) is 0 Å². The first-order valence-corrected chi connectivity index (χ1v) is 7.00. The van der Waals surface area contributed by atoms with Crippen molar-refractivity contribution in [3.05, 3.63) is 29.8 Å². The molecule has 0 saturated heterocycles. The number of para-hydroxylation sites is 1. The number of hydrogen-bond acceptors (Lipinski definition) is 2. The molecule has 0 bridgehead atoms. The molecule has 2 rings (SSSR count). The summed E-state index contributed by atoms with van der Waals surface area (Å²) in [6.07, 6.45) is -0.938. The molecule has 1 aliphatic carbocycles. The highest BCUT2D eigenvalue weighted by Gasteiger charge is 2.32. The van der Waals surface area contributed by atoms with E-state index in [0.717, 1.165) is 6.54 Å². The molecule has 1 N–H and O–H groups in total. The van der Waals surface area contributed by atoms with E-state index in [4.69, 9.17) is 0 Å². The molecule has 112 valence electrons. The van der Waals surface area contributed by atoms with Crippen LogP contribution in [0.15, 0.2) is 24.3 Å². The normalized spacial score (nSPS) is 23.0. The van der Waals surface area contributed by atoms with Crippen molar-refractivity contribution in [2.45, 2.75) is 39.1 Å². The fourth-order valence-corrected chi connectivity index (χ4v) is 2.79. The Morgan fingerprint density at radius 3 is 2.65 bits per heavy atom. The third-order valence-corrected chi connectivity index (χ3v) is 3.96. The minimum Gasteiger partial charge on any atom is -0.405 e. The van der Waals surface area contributed by atoms with Crippen molar-refractivity contribution in [2.75, 3.05) is 6.54 Å². The molecule has 0 amide bonds. The average Bonchev–Trinajstić information content (AvgIpc) is 2.75. The minimum absolute atomic E-state index is 0.119. The molecule has 5 heteroatoms. The molecule has 20 heavy (non-hydrogen) atoms. The predicted octanol–water partition coefficient (Wildman–Crippen LogP) is 4.11. The smallest absolute Gasteiger partial charge is 0.405 e. The van der Waals surface area contributed by atoms with Crippen molar-refractivity contribution in [2.24, 2.45) is 11.8 Å². The maximum atomic E-state index is 12.3. The van der Waals surface area contributed by atoms with Gasteiger partial charge in [0.2, 0.25) is 0 Å². The first-order valence-electron chi connectivity index (χ1n) is 7.00. The molecule has 1 fully saturated rings. The Balaban J connectivity index is 1.89. The lowest BCUT2D eigenvalue weighted by Crippen LogP contribution is -2.25. The van der Waals surface area contributed by atoms with Gasteiger partial charge in [0.15, 0.2) is 0 Å². The van der Waals surface area contributed by atoms with Crippen molar-refractivity contribution in [3.8, 4) is 5.75 Å². The molecule has 2 unspecified atom stereocenters. The Morgan fingerprint density at radius 2 is 2.00 bits per heavy atom. The van der Waals surface area contributed by atoms with Crippen molar-refractivity contribution in [3.63, 3.8) is 0 Å². The van der Waals surface area contributed by atoms with Crippen LogP contribution in [0.4, 0.5) is 13.2 Å². The Labute approximate surface area is 117 Å². The highest BCUT2D eigenvalue weighted by Crippen LogP contribution is 2.31. The van der Waals surface area contributed by atoms with E-state index in [-0.39, 0.29) is 5.75 Å². The molecular formula is C15H20F3NO. The van der Waals surface area contributed by atoms with Crippen LogP contribution in [0.25, 0.3) is 0 Å². The summed E-state index contributed by atoms with van der Waals surface area (Å²) in [5.41, 5.74) is 0.537. The second kappa shape index (κ2) is 6.48. The summed E-state index contributed by atoms with van der Waals surface area (Å²) >= 11 is 0. The van der Waals surface area contributed by atoms with Crippen molar-refractivity contribution in [1.82, 2.24) is 5.32 Å². The van der Waals surface area contributed by atoms with Gasteiger partial charge in [-0.15, -0.1) is 13.2 Å². The summed E-state index contributed by atoms with van der Waals surface area (Å²) in [5.74, 6) is 1.21. The molecule has 0 radical (unpaired) electrons. The first-order chi connectivity index (χ1) is 9.46. The quantitative estimate of drug-likeness (QED) is 0.880. The van der Waals surface area contributed by atoms with Gasteiger partial charge in [0, 0.05) is 12.1 Å². The van der Waals surface area contributed by atoms with Gasteiger partial charge in [-0.05, 0) is 30.9 Å². The Morgan fingerprint density at radius 1 is 1.25 bits per heavy atom. The average molecular weight is 287 g/mol. The van der Waals surface area contributed by atoms with Gasteiger partial charge in [0.1, 0.15) is 5.75 Å². The van der Waals surface area contributed by atoms with E-state index in [9.17, 15) is 13.2 Å². The zero-order valence-corrected chi connectivity index (χ0v) is 11.5. The number of alkyl halides is 3. The molecule has 0 spiro atoms. The van der Waals surface area contributed by atoms with Crippen LogP contribution in [-0.4, -0.2) is 12.9 Å². The standard InChI is InChI=1S/C15H20F3NO/c1-11-5-4-7-12(11)9-19-10-13-6-2-3-8-14(13)20-15(16,17)18/h2-3,6,8,11-12,19H,4-5,7,9-10H2,1H3. The first kappa shape index (κ1) is 15.2. The van der Waals surface area contributed by atoms with Gasteiger partial charge >= 0.3 is 6.36 Å². The summed E-state index contributed by atoms with van der Waals surface area (Å²) < 4.78 is 40.9. The Bertz CT molecular complexity index is 433. The van der Waals surface area contributed by atoms with Crippen LogP contribution >= 0.6 is 0 Å². The lowest BCUT2D eigenvalue weighted by Gasteiger charge is -2.17. The fourth-order valence-electron chi connectivity index (χ4n) is 2.79. The second-order valence-electron chi connectivity index (χ2n) is 5.45. The van der Waals surface area contributed by atoms with Gasteiger partial charge in [-0.3, -0.25) is 0 Å². The number of rotatable bonds is 5. The minimum atomic E-state index is -4.64. The van der Waals surface area contributed by atoms with Crippen LogP contribution in [0.3, 0.4) is 0 Å². The number of nitrogens with one attached hydrogen (secondary N) is 1. The summed E-state index contributed by atoms with van der Waals surface area (Å²) in [5, 5.41) is 3.25. The monoisotopic (exact) mass is 287 g/mol. The molecule has 0 aliphatic heterocycles. The van der Waals surface area contributed by atoms with E-state index in [1.165, 1.54) is 25.3 Å². The molecule has 1 saturated carbocycles. The van der Waals surface area contributed by atoms with E-state index < -0.39 is 6.36 Å². The lowest BCUT2D eigenvalue weighted by molar-refractivity contribution is -0.274. The fraction of sp³-hybridized carbons (Fsp3) is 0.600. The maximum absolute atomic E-state index is 12.3. The van der Waals surface area contributed by atoms with E-state index in [2.05, 4.69) is 17.0 Å². The van der Waals surface area contributed by atoms with Crippen molar-refractivity contribution >= 4 is 0 Å². The largest absolute Gasteiger partial charge is 0.573 e. The Kier molecular flexibility index (Phi) is 4.91. The highest BCUT2D eigenvalue weighted by atomic mass is 19.4. The molecule has 1 aromatic carbocycles. The molecule has 2 atom stereocenters. The third-order valence-electron chi connectivity index (χ3n) is 3.96. The molecule has 1 aliphatic rings. The predicted molar refractivity (Wildman–Crippen MR) is 71.3 cm³/mol. The summed E-state index contributed by atoms with van der Waals surface area (Å²) in [4.78, 5) is 0. The lowest BCUT2D eigenvalue weighted by atomic mass is 9.98. The van der Waals surface area contributed by atoms with Gasteiger partial charge in [-0.25, -0.2) is 0 Å². The molecule has 2 nitrogen and oxygen atoms in total. The molecular weight excluding hydrogens is 267 g/mol. The van der Waals surface area contributed by atoms with Gasteiger partial charge in [-0.1, -0.05) is 38.0 Å². The van der Waals surface area contributed by atoms with E-state index in [1.54, 1.807) is 18.2 Å². The second-order valence-corrected chi connectivity index (χ2v) is 5.45. The highest BCUT2D eigenvalue weighted by molar-refractivity contribution is 5.33. The van der Waals surface area contributed by atoms with E-state index >= 15 is 0 Å². The number of benzene rings is 1. The van der Waals surface area contributed by atoms with Crippen molar-refractivity contribution in [1.29, 1.82) is 0 Å². The number of ether oxygens (including phenoxy) is 1. The van der Waals surface area contributed by atoms with Gasteiger partial charge in [0.25, 0.3) is 0 Å². The van der Waals surface area contributed by atoms with Crippen LogP contribution in [0.5, 0.6) is 5.75 Å². The van der Waals surface area contributed by atoms with E-state index in [0.29, 0.717) is 23.9 Å². The van der Waals surface area contributed by atoms with Gasteiger partial charge in [0.05, 0.1) is 0 Å². The topological polar surface area (TPSA) is 21.3 Å².